The Hall–Kier alpha value is -3.41. The minimum absolute atomic E-state index is 0.132. The first-order valence-corrected chi connectivity index (χ1v) is 8.65. The van der Waals surface area contributed by atoms with Crippen LogP contribution in [0.4, 0.5) is 11.4 Å². The molecule has 0 saturated carbocycles. The number of carbonyl (C=O) groups excluding carboxylic acids is 3. The third-order valence-corrected chi connectivity index (χ3v) is 4.28. The molecule has 1 saturated heterocycles. The lowest BCUT2D eigenvalue weighted by Gasteiger charge is -2.15. The molecule has 0 unspecified atom stereocenters. The predicted octanol–water partition coefficient (Wildman–Crippen LogP) is 3.25. The third kappa shape index (κ3) is 4.61. The Bertz CT molecular complexity index is 870. The number of hydrogen-bond donors (Lipinski definition) is 1. The number of methoxy groups -OCH3 is 1. The minimum Gasteiger partial charge on any atom is -0.465 e. The van der Waals surface area contributed by atoms with Crippen molar-refractivity contribution in [3.8, 4) is 0 Å². The summed E-state index contributed by atoms with van der Waals surface area (Å²) >= 11 is 0. The van der Waals surface area contributed by atoms with Crippen LogP contribution < -0.4 is 10.2 Å². The van der Waals surface area contributed by atoms with E-state index in [4.69, 9.17) is 0 Å². The van der Waals surface area contributed by atoms with Crippen molar-refractivity contribution in [3.63, 3.8) is 0 Å². The number of rotatable bonds is 5. The maximum atomic E-state index is 12.1. The van der Waals surface area contributed by atoms with Crippen molar-refractivity contribution in [3.05, 3.63) is 65.7 Å². The Morgan fingerprint density at radius 2 is 1.78 bits per heavy atom. The van der Waals surface area contributed by atoms with Gasteiger partial charge < -0.3 is 15.0 Å². The topological polar surface area (TPSA) is 75.7 Å². The van der Waals surface area contributed by atoms with Gasteiger partial charge in [0.15, 0.2) is 0 Å². The van der Waals surface area contributed by atoms with Crippen molar-refractivity contribution in [1.29, 1.82) is 0 Å². The molecule has 1 N–H and O–H groups in total. The van der Waals surface area contributed by atoms with E-state index in [9.17, 15) is 14.4 Å². The molecule has 1 aliphatic heterocycles. The van der Waals surface area contributed by atoms with Crippen molar-refractivity contribution in [1.82, 2.24) is 0 Å². The summed E-state index contributed by atoms with van der Waals surface area (Å²) in [7, 11) is 1.33. The molecule has 1 fully saturated rings. The molecule has 0 aliphatic carbocycles. The molecule has 6 nitrogen and oxygen atoms in total. The van der Waals surface area contributed by atoms with Crippen molar-refractivity contribution in [2.75, 3.05) is 23.9 Å². The van der Waals surface area contributed by atoms with Crippen molar-refractivity contribution >= 4 is 35.2 Å². The largest absolute Gasteiger partial charge is 0.465 e. The summed E-state index contributed by atoms with van der Waals surface area (Å²) < 4.78 is 4.64. The highest BCUT2D eigenvalue weighted by Crippen LogP contribution is 2.23. The van der Waals surface area contributed by atoms with E-state index < -0.39 is 5.97 Å². The first-order valence-electron chi connectivity index (χ1n) is 8.65. The summed E-state index contributed by atoms with van der Waals surface area (Å²) in [5.74, 6) is -0.535. The number of hydrogen-bond acceptors (Lipinski definition) is 4. The van der Waals surface area contributed by atoms with Crippen LogP contribution in [0, 0.1) is 0 Å². The summed E-state index contributed by atoms with van der Waals surface area (Å²) in [5, 5.41) is 2.78. The maximum Gasteiger partial charge on any atom is 0.337 e. The Labute approximate surface area is 157 Å². The minimum atomic E-state index is -0.401. The number of esters is 1. The summed E-state index contributed by atoms with van der Waals surface area (Å²) in [6, 6.07) is 14.0. The molecule has 2 aromatic rings. The first-order chi connectivity index (χ1) is 13.1. The van der Waals surface area contributed by atoms with Crippen LogP contribution in [0.25, 0.3) is 6.08 Å². The smallest absolute Gasteiger partial charge is 0.337 e. The van der Waals surface area contributed by atoms with Gasteiger partial charge in [0.05, 0.1) is 12.7 Å². The second kappa shape index (κ2) is 8.31. The average molecular weight is 364 g/mol. The van der Waals surface area contributed by atoms with Crippen LogP contribution in [0.1, 0.15) is 28.8 Å². The number of ether oxygens (including phenoxy) is 1. The quantitative estimate of drug-likeness (QED) is 0.653. The lowest BCUT2D eigenvalue weighted by Crippen LogP contribution is -2.23. The van der Waals surface area contributed by atoms with E-state index in [1.807, 2.05) is 12.1 Å². The van der Waals surface area contributed by atoms with E-state index in [0.717, 1.165) is 24.2 Å². The van der Waals surface area contributed by atoms with Gasteiger partial charge in [-0.2, -0.15) is 0 Å². The van der Waals surface area contributed by atoms with Crippen LogP contribution in [-0.2, 0) is 14.3 Å². The normalized spacial score (nSPS) is 13.8. The second-order valence-corrected chi connectivity index (χ2v) is 6.13. The Balaban J connectivity index is 1.58. The highest BCUT2D eigenvalue weighted by atomic mass is 16.5. The van der Waals surface area contributed by atoms with Gasteiger partial charge in [-0.05, 0) is 54.5 Å². The number of amides is 2. The Kier molecular flexibility index (Phi) is 5.66. The number of benzene rings is 2. The van der Waals surface area contributed by atoms with Crippen molar-refractivity contribution in [2.45, 2.75) is 12.8 Å². The van der Waals surface area contributed by atoms with Crippen LogP contribution in [0.2, 0.25) is 0 Å². The fourth-order valence-corrected chi connectivity index (χ4v) is 2.85. The van der Waals surface area contributed by atoms with Crippen LogP contribution in [0.5, 0.6) is 0 Å². The molecule has 0 radical (unpaired) electrons. The van der Waals surface area contributed by atoms with E-state index in [1.165, 1.54) is 13.2 Å². The van der Waals surface area contributed by atoms with Gasteiger partial charge in [-0.25, -0.2) is 4.79 Å². The van der Waals surface area contributed by atoms with E-state index in [-0.39, 0.29) is 11.8 Å². The number of nitrogens with zero attached hydrogens (tertiary/aromatic N) is 1. The zero-order valence-electron chi connectivity index (χ0n) is 15.0. The molecule has 3 rings (SSSR count). The molecule has 0 spiro atoms. The Morgan fingerprint density at radius 3 is 2.37 bits per heavy atom. The zero-order valence-corrected chi connectivity index (χ0v) is 15.0. The summed E-state index contributed by atoms with van der Waals surface area (Å²) in [5.41, 5.74) is 2.74. The van der Waals surface area contributed by atoms with Gasteiger partial charge in [-0.1, -0.05) is 12.1 Å². The summed E-state index contributed by atoms with van der Waals surface area (Å²) in [4.78, 5) is 37.0. The van der Waals surface area contributed by atoms with E-state index >= 15 is 0 Å². The lowest BCUT2D eigenvalue weighted by atomic mass is 10.1. The number of anilines is 2. The molecule has 1 aliphatic rings. The second-order valence-electron chi connectivity index (χ2n) is 6.13. The molecule has 2 amide bonds. The van der Waals surface area contributed by atoms with Gasteiger partial charge in [0.2, 0.25) is 11.8 Å². The van der Waals surface area contributed by atoms with Gasteiger partial charge in [-0.3, -0.25) is 9.59 Å². The molecular weight excluding hydrogens is 344 g/mol. The van der Waals surface area contributed by atoms with Crippen LogP contribution in [0.3, 0.4) is 0 Å². The van der Waals surface area contributed by atoms with E-state index in [0.29, 0.717) is 17.7 Å². The zero-order chi connectivity index (χ0) is 19.2. The highest BCUT2D eigenvalue weighted by Gasteiger charge is 2.21. The van der Waals surface area contributed by atoms with Crippen LogP contribution in [0.15, 0.2) is 54.6 Å². The lowest BCUT2D eigenvalue weighted by molar-refractivity contribution is -0.117. The number of carbonyl (C=O) groups is 3. The van der Waals surface area contributed by atoms with E-state index in [2.05, 4.69) is 10.1 Å². The molecule has 0 aromatic heterocycles. The predicted molar refractivity (Wildman–Crippen MR) is 103 cm³/mol. The monoisotopic (exact) mass is 364 g/mol. The fraction of sp³-hybridized carbons (Fsp3) is 0.190. The van der Waals surface area contributed by atoms with Crippen LogP contribution >= 0.6 is 0 Å². The number of nitrogens with one attached hydrogen (secondary N) is 1. The van der Waals surface area contributed by atoms with Gasteiger partial charge in [0, 0.05) is 30.4 Å². The van der Waals surface area contributed by atoms with Gasteiger partial charge in [-0.15, -0.1) is 0 Å². The van der Waals surface area contributed by atoms with Gasteiger partial charge >= 0.3 is 5.97 Å². The van der Waals surface area contributed by atoms with Gasteiger partial charge in [0.1, 0.15) is 0 Å². The molecule has 0 bridgehead atoms. The van der Waals surface area contributed by atoms with E-state index in [1.54, 1.807) is 47.4 Å². The molecular formula is C21H20N2O4. The average Bonchev–Trinajstić information content (AvgIpc) is 3.12. The molecule has 138 valence electrons. The summed E-state index contributed by atoms with van der Waals surface area (Å²) in [6.45, 7) is 0.738. The molecule has 6 heteroatoms. The molecule has 1 heterocycles. The Morgan fingerprint density at radius 1 is 1.07 bits per heavy atom. The van der Waals surface area contributed by atoms with Crippen molar-refractivity contribution in [2.24, 2.45) is 0 Å². The van der Waals surface area contributed by atoms with Crippen molar-refractivity contribution < 1.29 is 19.1 Å². The van der Waals surface area contributed by atoms with Gasteiger partial charge in [0.25, 0.3) is 0 Å². The first kappa shape index (κ1) is 18.4. The standard InChI is InChI=1S/C21H20N2O4/c1-27-21(26)16-7-4-15(5-8-16)6-13-19(24)22-17-9-11-18(12-10-17)23-14-2-3-20(23)25/h4-13H,2-3,14H2,1H3,(H,22,24)/b13-6+. The third-order valence-electron chi connectivity index (χ3n) is 4.28. The fourth-order valence-electron chi connectivity index (χ4n) is 2.85. The molecule has 2 aromatic carbocycles. The maximum absolute atomic E-state index is 12.1. The molecule has 0 atom stereocenters. The molecule has 27 heavy (non-hydrogen) atoms. The van der Waals surface area contributed by atoms with Crippen LogP contribution in [-0.4, -0.2) is 31.4 Å². The summed E-state index contributed by atoms with van der Waals surface area (Å²) in [6.07, 6.45) is 4.55. The SMILES string of the molecule is COC(=O)c1ccc(/C=C/C(=O)Nc2ccc(N3CCCC3=O)cc2)cc1. The highest BCUT2D eigenvalue weighted by molar-refractivity contribution is 6.02.